The largest absolute Gasteiger partial charge is 0.382 e. The average molecular weight is 194 g/mol. The van der Waals surface area contributed by atoms with Gasteiger partial charge < -0.3 is 11.1 Å². The number of nitrogens with one attached hydrogen (secondary N) is 2. The highest BCUT2D eigenvalue weighted by Crippen LogP contribution is 2.38. The third-order valence-electron chi connectivity index (χ3n) is 2.88. The van der Waals surface area contributed by atoms with Crippen LogP contribution in [0.1, 0.15) is 37.3 Å². The van der Waals surface area contributed by atoms with Gasteiger partial charge in [0.1, 0.15) is 0 Å². The molecule has 0 aromatic carbocycles. The van der Waals surface area contributed by atoms with Crippen molar-refractivity contribution in [2.24, 2.45) is 5.73 Å². The Labute approximate surface area is 84.3 Å². The first-order valence-electron chi connectivity index (χ1n) is 5.39. The van der Waals surface area contributed by atoms with Crippen LogP contribution < -0.4 is 11.1 Å². The Kier molecular flexibility index (Phi) is 3.03. The van der Waals surface area contributed by atoms with Crippen molar-refractivity contribution >= 4 is 5.69 Å². The van der Waals surface area contributed by atoms with Gasteiger partial charge in [-0.25, -0.2) is 0 Å². The van der Waals surface area contributed by atoms with Crippen molar-refractivity contribution in [1.82, 2.24) is 10.2 Å². The van der Waals surface area contributed by atoms with E-state index in [-0.39, 0.29) is 0 Å². The molecule has 1 aromatic heterocycles. The zero-order chi connectivity index (χ0) is 9.80. The van der Waals surface area contributed by atoms with E-state index in [1.807, 2.05) is 6.20 Å². The molecule has 1 heterocycles. The zero-order valence-electron chi connectivity index (χ0n) is 8.42. The Morgan fingerprint density at radius 3 is 3.07 bits per heavy atom. The maximum Gasteiger partial charge on any atom is 0.0759 e. The predicted molar refractivity (Wildman–Crippen MR) is 57.3 cm³/mol. The second-order valence-corrected chi connectivity index (χ2v) is 3.89. The molecule has 1 saturated carbocycles. The molecule has 1 aliphatic rings. The van der Waals surface area contributed by atoms with Crippen LogP contribution >= 0.6 is 0 Å². The molecule has 4 heteroatoms. The van der Waals surface area contributed by atoms with Gasteiger partial charge in [-0.05, 0) is 25.8 Å². The van der Waals surface area contributed by atoms with Crippen LogP contribution in [-0.2, 0) is 0 Å². The van der Waals surface area contributed by atoms with E-state index in [0.29, 0.717) is 5.92 Å². The second kappa shape index (κ2) is 4.46. The van der Waals surface area contributed by atoms with E-state index in [0.717, 1.165) is 19.5 Å². The van der Waals surface area contributed by atoms with Crippen LogP contribution in [0.4, 0.5) is 5.69 Å². The Hall–Kier alpha value is -1.03. The van der Waals surface area contributed by atoms with Crippen molar-refractivity contribution in [1.29, 1.82) is 0 Å². The molecule has 0 saturated heterocycles. The smallest absolute Gasteiger partial charge is 0.0759 e. The average Bonchev–Trinajstić information content (AvgIpc) is 2.51. The van der Waals surface area contributed by atoms with Crippen molar-refractivity contribution < 1.29 is 0 Å². The third kappa shape index (κ3) is 1.90. The molecule has 4 N–H and O–H groups in total. The highest BCUT2D eigenvalue weighted by molar-refractivity contribution is 5.48. The summed E-state index contributed by atoms with van der Waals surface area (Å²) in [6.07, 6.45) is 6.84. The molecular weight excluding hydrogens is 176 g/mol. The molecule has 0 radical (unpaired) electrons. The van der Waals surface area contributed by atoms with E-state index in [4.69, 9.17) is 5.73 Å². The lowest BCUT2D eigenvalue weighted by molar-refractivity contribution is 0.411. The van der Waals surface area contributed by atoms with Crippen LogP contribution in [0.3, 0.4) is 0 Å². The molecule has 0 unspecified atom stereocenters. The summed E-state index contributed by atoms with van der Waals surface area (Å²) in [4.78, 5) is 0. The first-order chi connectivity index (χ1) is 6.92. The summed E-state index contributed by atoms with van der Waals surface area (Å²) in [5.41, 5.74) is 7.89. The van der Waals surface area contributed by atoms with Crippen LogP contribution in [0.2, 0.25) is 0 Å². The number of aromatic amines is 1. The molecule has 14 heavy (non-hydrogen) atoms. The van der Waals surface area contributed by atoms with Crippen LogP contribution in [0.15, 0.2) is 6.20 Å². The monoisotopic (exact) mass is 194 g/mol. The van der Waals surface area contributed by atoms with Gasteiger partial charge >= 0.3 is 0 Å². The summed E-state index contributed by atoms with van der Waals surface area (Å²) < 4.78 is 0. The minimum atomic E-state index is 0.706. The first-order valence-corrected chi connectivity index (χ1v) is 5.39. The minimum Gasteiger partial charge on any atom is -0.382 e. The van der Waals surface area contributed by atoms with E-state index in [1.54, 1.807) is 0 Å². The normalized spacial score (nSPS) is 16.6. The number of rotatable bonds is 5. The maximum absolute atomic E-state index is 5.44. The summed E-state index contributed by atoms with van der Waals surface area (Å²) in [5, 5.41) is 10.5. The molecular formula is C10H18N4. The van der Waals surface area contributed by atoms with Gasteiger partial charge in [-0.1, -0.05) is 6.42 Å². The van der Waals surface area contributed by atoms with Gasteiger partial charge in [-0.2, -0.15) is 5.10 Å². The molecule has 2 rings (SSSR count). The fourth-order valence-corrected chi connectivity index (χ4v) is 1.77. The van der Waals surface area contributed by atoms with Gasteiger partial charge in [0.05, 0.1) is 17.6 Å². The van der Waals surface area contributed by atoms with Crippen LogP contribution in [0.5, 0.6) is 0 Å². The number of hydrogen-bond acceptors (Lipinski definition) is 3. The van der Waals surface area contributed by atoms with Crippen LogP contribution in [0, 0.1) is 0 Å². The SMILES string of the molecule is NCCCNc1cn[nH]c1C1CCC1. The van der Waals surface area contributed by atoms with Crippen molar-refractivity contribution in [2.45, 2.75) is 31.6 Å². The van der Waals surface area contributed by atoms with Gasteiger partial charge in [0, 0.05) is 12.5 Å². The fraction of sp³-hybridized carbons (Fsp3) is 0.700. The summed E-state index contributed by atoms with van der Waals surface area (Å²) in [6.45, 7) is 1.68. The van der Waals surface area contributed by atoms with Gasteiger partial charge in [0.15, 0.2) is 0 Å². The van der Waals surface area contributed by atoms with Crippen molar-refractivity contribution in [3.05, 3.63) is 11.9 Å². The number of anilines is 1. The molecule has 1 aliphatic carbocycles. The summed E-state index contributed by atoms with van der Waals surface area (Å²) >= 11 is 0. The Balaban J connectivity index is 1.91. The van der Waals surface area contributed by atoms with E-state index >= 15 is 0 Å². The lowest BCUT2D eigenvalue weighted by Gasteiger charge is -2.25. The molecule has 0 aliphatic heterocycles. The fourth-order valence-electron chi connectivity index (χ4n) is 1.77. The van der Waals surface area contributed by atoms with Crippen molar-refractivity contribution in [3.8, 4) is 0 Å². The second-order valence-electron chi connectivity index (χ2n) is 3.89. The van der Waals surface area contributed by atoms with Gasteiger partial charge in [0.2, 0.25) is 0 Å². The van der Waals surface area contributed by atoms with E-state index in [9.17, 15) is 0 Å². The van der Waals surface area contributed by atoms with Crippen LogP contribution in [0.25, 0.3) is 0 Å². The summed E-state index contributed by atoms with van der Waals surface area (Å²) in [5.74, 6) is 0.706. The van der Waals surface area contributed by atoms with Gasteiger partial charge in [-0.15, -0.1) is 0 Å². The lowest BCUT2D eigenvalue weighted by Crippen LogP contribution is -2.13. The number of nitrogens with zero attached hydrogens (tertiary/aromatic N) is 1. The molecule has 0 bridgehead atoms. The topological polar surface area (TPSA) is 66.7 Å². The molecule has 4 nitrogen and oxygen atoms in total. The first kappa shape index (κ1) is 9.52. The molecule has 1 aromatic rings. The molecule has 0 atom stereocenters. The quantitative estimate of drug-likeness (QED) is 0.621. The number of H-pyrrole nitrogens is 1. The van der Waals surface area contributed by atoms with Crippen LogP contribution in [-0.4, -0.2) is 23.3 Å². The number of nitrogens with two attached hydrogens (primary N) is 1. The Bertz CT molecular complexity index is 277. The van der Waals surface area contributed by atoms with Gasteiger partial charge in [-0.3, -0.25) is 5.10 Å². The Morgan fingerprint density at radius 2 is 2.43 bits per heavy atom. The predicted octanol–water partition coefficient (Wildman–Crippen LogP) is 1.44. The molecule has 78 valence electrons. The minimum absolute atomic E-state index is 0.706. The van der Waals surface area contributed by atoms with E-state index < -0.39 is 0 Å². The highest BCUT2D eigenvalue weighted by atomic mass is 15.1. The molecule has 0 amide bonds. The standard InChI is InChI=1S/C10H18N4/c11-5-2-6-12-9-7-13-14-10(9)8-3-1-4-8/h7-8,12H,1-6,11H2,(H,13,14). The van der Waals surface area contributed by atoms with E-state index in [2.05, 4.69) is 15.5 Å². The van der Waals surface area contributed by atoms with Gasteiger partial charge in [0.25, 0.3) is 0 Å². The van der Waals surface area contributed by atoms with E-state index in [1.165, 1.54) is 30.6 Å². The number of hydrogen-bond donors (Lipinski definition) is 3. The number of aromatic nitrogens is 2. The summed E-state index contributed by atoms with van der Waals surface area (Å²) in [7, 11) is 0. The third-order valence-corrected chi connectivity index (χ3v) is 2.88. The highest BCUT2D eigenvalue weighted by Gasteiger charge is 2.23. The Morgan fingerprint density at radius 1 is 1.57 bits per heavy atom. The van der Waals surface area contributed by atoms with Crippen molar-refractivity contribution in [2.75, 3.05) is 18.4 Å². The lowest BCUT2D eigenvalue weighted by atomic mass is 9.82. The summed E-state index contributed by atoms with van der Waals surface area (Å²) in [6, 6.07) is 0. The van der Waals surface area contributed by atoms with Crippen molar-refractivity contribution in [3.63, 3.8) is 0 Å². The molecule has 1 fully saturated rings. The zero-order valence-corrected chi connectivity index (χ0v) is 8.42. The maximum atomic E-state index is 5.44. The molecule has 0 spiro atoms.